The molecule has 0 radical (unpaired) electrons. The predicted octanol–water partition coefficient (Wildman–Crippen LogP) is 6.80. The molecule has 6 nitrogen and oxygen atoms in total. The number of nitrogens with one attached hydrogen (secondary N) is 1. The van der Waals surface area contributed by atoms with E-state index >= 15 is 0 Å². The highest BCUT2D eigenvalue weighted by molar-refractivity contribution is 7.92. The van der Waals surface area contributed by atoms with Crippen LogP contribution in [0.5, 0.6) is 5.75 Å². The highest BCUT2D eigenvalue weighted by Crippen LogP contribution is 2.44. The Morgan fingerprint density at radius 1 is 1.00 bits per heavy atom. The second-order valence-corrected chi connectivity index (χ2v) is 11.3. The molecule has 1 N–H and O–H groups in total. The van der Waals surface area contributed by atoms with Gasteiger partial charge in [-0.25, -0.2) is 17.5 Å². The number of benzene rings is 4. The van der Waals surface area contributed by atoms with E-state index in [9.17, 15) is 12.8 Å². The Bertz CT molecular complexity index is 1860. The highest BCUT2D eigenvalue weighted by atomic mass is 32.2. The van der Waals surface area contributed by atoms with Crippen molar-refractivity contribution in [1.29, 1.82) is 0 Å². The summed E-state index contributed by atoms with van der Waals surface area (Å²) in [5, 5.41) is 5.50. The zero-order valence-electron chi connectivity index (χ0n) is 21.5. The Kier molecular flexibility index (Phi) is 6.19. The number of fused-ring (bicyclic) bond motifs is 3. The Morgan fingerprint density at radius 2 is 1.79 bits per heavy atom. The van der Waals surface area contributed by atoms with Gasteiger partial charge in [-0.1, -0.05) is 43.3 Å². The first-order chi connectivity index (χ1) is 18.8. The lowest BCUT2D eigenvalue weighted by molar-refractivity contribution is 0.307. The number of nitrogens with zero attached hydrogens (tertiary/aromatic N) is 2. The van der Waals surface area contributed by atoms with Crippen LogP contribution in [0.15, 0.2) is 91.1 Å². The molecule has 2 heterocycles. The van der Waals surface area contributed by atoms with Crippen molar-refractivity contribution < 1.29 is 17.5 Å². The van der Waals surface area contributed by atoms with Crippen LogP contribution in [0.1, 0.15) is 35.6 Å². The number of aromatic nitrogens is 2. The number of halogens is 1. The molecule has 0 saturated heterocycles. The first-order valence-electron chi connectivity index (χ1n) is 12.6. The molecular formula is C31H26FN3O3S. The van der Waals surface area contributed by atoms with Crippen LogP contribution in [0.3, 0.4) is 0 Å². The fraction of sp³-hybridized carbons (Fsp3) is 0.129. The van der Waals surface area contributed by atoms with E-state index in [0.717, 1.165) is 56.2 Å². The summed E-state index contributed by atoms with van der Waals surface area (Å²) in [7, 11) is -3.42. The number of allylic oxidation sites excluding steroid dienone is 1. The largest absolute Gasteiger partial charge is 0.488 e. The molecule has 8 heteroatoms. The van der Waals surface area contributed by atoms with Crippen LogP contribution in [0, 0.1) is 5.82 Å². The molecule has 0 aliphatic carbocycles. The van der Waals surface area contributed by atoms with Crippen molar-refractivity contribution >= 4 is 37.8 Å². The maximum absolute atomic E-state index is 13.6. The number of hydrogen-bond donors (Lipinski definition) is 1. The van der Waals surface area contributed by atoms with Gasteiger partial charge >= 0.3 is 0 Å². The van der Waals surface area contributed by atoms with Crippen LogP contribution >= 0.6 is 0 Å². The van der Waals surface area contributed by atoms with Gasteiger partial charge in [0.05, 0.1) is 23.7 Å². The van der Waals surface area contributed by atoms with E-state index in [1.807, 2.05) is 36.4 Å². The van der Waals surface area contributed by atoms with E-state index in [1.54, 1.807) is 29.1 Å². The second kappa shape index (κ2) is 9.71. The zero-order valence-corrected chi connectivity index (χ0v) is 22.3. The van der Waals surface area contributed by atoms with Gasteiger partial charge in [-0.2, -0.15) is 5.10 Å². The third-order valence-corrected chi connectivity index (χ3v) is 7.46. The third kappa shape index (κ3) is 4.79. The van der Waals surface area contributed by atoms with Crippen molar-refractivity contribution in [3.05, 3.63) is 119 Å². The van der Waals surface area contributed by atoms with Crippen molar-refractivity contribution in [2.24, 2.45) is 0 Å². The monoisotopic (exact) mass is 539 g/mol. The third-order valence-electron chi connectivity index (χ3n) is 6.85. The van der Waals surface area contributed by atoms with Gasteiger partial charge < -0.3 is 4.74 Å². The second-order valence-electron chi connectivity index (χ2n) is 9.55. The van der Waals surface area contributed by atoms with E-state index in [1.165, 1.54) is 12.1 Å². The molecular weight excluding hydrogens is 513 g/mol. The molecule has 0 atom stereocenters. The maximum atomic E-state index is 13.6. The molecule has 6 rings (SSSR count). The van der Waals surface area contributed by atoms with Gasteiger partial charge in [0.1, 0.15) is 18.2 Å². The fourth-order valence-corrected chi connectivity index (χ4v) is 5.74. The molecule has 196 valence electrons. The van der Waals surface area contributed by atoms with Crippen LogP contribution < -0.4 is 9.46 Å². The van der Waals surface area contributed by atoms with Crippen molar-refractivity contribution in [2.45, 2.75) is 20.0 Å². The van der Waals surface area contributed by atoms with E-state index in [0.29, 0.717) is 24.5 Å². The normalized spacial score (nSPS) is 14.2. The standard InChI is InChI=1S/C31H26FN3O3S/c1-3-26(20-8-6-9-24(15-20)34-39(2,36)37)31-27-10-5-4-7-21(27)19-38-30-17-29-22(16-28(30)31)18-33-35(29)25-13-11-23(32)12-14-25/h4-18,34H,3,19H2,1-2H3/b31-26-. The van der Waals surface area contributed by atoms with Gasteiger partial charge in [-0.3, -0.25) is 4.72 Å². The van der Waals surface area contributed by atoms with E-state index in [4.69, 9.17) is 4.74 Å². The molecule has 1 aromatic heterocycles. The quantitative estimate of drug-likeness (QED) is 0.267. The van der Waals surface area contributed by atoms with Gasteiger partial charge in [0.25, 0.3) is 0 Å². The van der Waals surface area contributed by atoms with Gasteiger partial charge in [-0.15, -0.1) is 0 Å². The number of rotatable bonds is 5. The molecule has 0 saturated carbocycles. The summed E-state index contributed by atoms with van der Waals surface area (Å²) in [4.78, 5) is 0. The van der Waals surface area contributed by atoms with Gasteiger partial charge in [0.15, 0.2) is 0 Å². The lowest BCUT2D eigenvalue weighted by Gasteiger charge is -2.18. The minimum atomic E-state index is -3.42. The van der Waals surface area contributed by atoms with Crippen molar-refractivity contribution in [1.82, 2.24) is 9.78 Å². The molecule has 0 unspecified atom stereocenters. The Hall–Kier alpha value is -4.43. The zero-order chi connectivity index (χ0) is 27.1. The summed E-state index contributed by atoms with van der Waals surface area (Å²) in [6, 6.07) is 26.0. The van der Waals surface area contributed by atoms with Gasteiger partial charge in [-0.05, 0) is 76.7 Å². The molecule has 0 spiro atoms. The summed E-state index contributed by atoms with van der Waals surface area (Å²) in [5.74, 6) is 0.414. The molecule has 0 amide bonds. The molecule has 4 aromatic carbocycles. The van der Waals surface area contributed by atoms with Crippen LogP contribution in [0.4, 0.5) is 10.1 Å². The topological polar surface area (TPSA) is 73.2 Å². The maximum Gasteiger partial charge on any atom is 0.229 e. The minimum Gasteiger partial charge on any atom is -0.488 e. The molecule has 39 heavy (non-hydrogen) atoms. The molecule has 5 aromatic rings. The Labute approximate surface area is 226 Å². The predicted molar refractivity (Wildman–Crippen MR) is 153 cm³/mol. The molecule has 0 fully saturated rings. The van der Waals surface area contributed by atoms with Crippen molar-refractivity contribution in [3.8, 4) is 11.4 Å². The highest BCUT2D eigenvalue weighted by Gasteiger charge is 2.24. The van der Waals surface area contributed by atoms with E-state index < -0.39 is 10.0 Å². The molecule has 0 bridgehead atoms. The van der Waals surface area contributed by atoms with E-state index in [-0.39, 0.29) is 5.82 Å². The fourth-order valence-electron chi connectivity index (χ4n) is 5.18. The first kappa shape index (κ1) is 24.9. The van der Waals surface area contributed by atoms with Crippen LogP contribution in [0.25, 0.3) is 27.7 Å². The summed E-state index contributed by atoms with van der Waals surface area (Å²) < 4.78 is 48.1. The summed E-state index contributed by atoms with van der Waals surface area (Å²) in [5.41, 5.74) is 8.20. The number of hydrogen-bond acceptors (Lipinski definition) is 4. The lowest BCUT2D eigenvalue weighted by Crippen LogP contribution is -2.09. The first-order valence-corrected chi connectivity index (χ1v) is 14.5. The summed E-state index contributed by atoms with van der Waals surface area (Å²) in [6.07, 6.45) is 3.65. The van der Waals surface area contributed by atoms with Crippen LogP contribution in [-0.4, -0.2) is 24.5 Å². The SMILES string of the molecule is CC/C(=C1\c2ccccc2COc2cc3c(cnn3-c3ccc(F)cc3)cc21)c1cccc(NS(C)(=O)=O)c1. The van der Waals surface area contributed by atoms with Crippen molar-refractivity contribution in [3.63, 3.8) is 0 Å². The molecule has 1 aliphatic heterocycles. The average molecular weight is 540 g/mol. The minimum absolute atomic E-state index is 0.303. The van der Waals surface area contributed by atoms with Gasteiger partial charge in [0.2, 0.25) is 10.0 Å². The van der Waals surface area contributed by atoms with Gasteiger partial charge in [0, 0.05) is 22.7 Å². The summed E-state index contributed by atoms with van der Waals surface area (Å²) >= 11 is 0. The van der Waals surface area contributed by atoms with Crippen LogP contribution in [0.2, 0.25) is 0 Å². The Balaban J connectivity index is 1.59. The number of anilines is 1. The summed E-state index contributed by atoms with van der Waals surface area (Å²) in [6.45, 7) is 2.49. The smallest absolute Gasteiger partial charge is 0.229 e. The van der Waals surface area contributed by atoms with Crippen molar-refractivity contribution in [2.75, 3.05) is 11.0 Å². The molecule has 1 aliphatic rings. The number of sulfonamides is 1. The van der Waals surface area contributed by atoms with Crippen LogP contribution in [-0.2, 0) is 16.6 Å². The lowest BCUT2D eigenvalue weighted by atomic mass is 9.86. The van der Waals surface area contributed by atoms with E-state index in [2.05, 4.69) is 34.9 Å². The number of ether oxygens (including phenoxy) is 1. The Morgan fingerprint density at radius 3 is 2.56 bits per heavy atom. The average Bonchev–Trinajstić information content (AvgIpc) is 3.25.